The van der Waals surface area contributed by atoms with E-state index in [0.717, 1.165) is 19.4 Å². The summed E-state index contributed by atoms with van der Waals surface area (Å²) < 4.78 is 0. The summed E-state index contributed by atoms with van der Waals surface area (Å²) in [5, 5.41) is 0. The topological polar surface area (TPSA) is 46.3 Å². The Kier molecular flexibility index (Phi) is 6.44. The molecule has 0 aliphatic rings. The number of carbonyl (C=O) groups is 1. The highest BCUT2D eigenvalue weighted by atomic mass is 16.2. The molecule has 0 saturated carbocycles. The number of amides is 1. The van der Waals surface area contributed by atoms with Crippen molar-refractivity contribution in [3.05, 3.63) is 35.9 Å². The van der Waals surface area contributed by atoms with Gasteiger partial charge in [-0.15, -0.1) is 0 Å². The normalized spacial score (nSPS) is 10.7. The van der Waals surface area contributed by atoms with Crippen LogP contribution in [0.5, 0.6) is 0 Å². The molecule has 1 amide bonds. The minimum Gasteiger partial charge on any atom is -0.340 e. The molecule has 0 saturated heterocycles. The molecule has 0 spiro atoms. The summed E-state index contributed by atoms with van der Waals surface area (Å²) in [6, 6.07) is 10.4. The van der Waals surface area contributed by atoms with Gasteiger partial charge in [-0.1, -0.05) is 30.3 Å². The van der Waals surface area contributed by atoms with Crippen LogP contribution in [0.3, 0.4) is 0 Å². The minimum atomic E-state index is 0.224. The molecule has 0 radical (unpaired) electrons. The highest BCUT2D eigenvalue weighted by molar-refractivity contribution is 5.76. The molecule has 0 fully saturated rings. The Balaban J connectivity index is 2.46. The maximum Gasteiger partial charge on any atom is 0.223 e. The maximum atomic E-state index is 12.1. The third kappa shape index (κ3) is 4.88. The van der Waals surface area contributed by atoms with E-state index in [1.54, 1.807) is 0 Å². The van der Waals surface area contributed by atoms with Crippen molar-refractivity contribution in [1.82, 2.24) is 4.90 Å². The van der Waals surface area contributed by atoms with Crippen molar-refractivity contribution in [2.24, 2.45) is 5.73 Å². The number of rotatable bonds is 7. The summed E-state index contributed by atoms with van der Waals surface area (Å²) >= 11 is 0. The van der Waals surface area contributed by atoms with Gasteiger partial charge in [0.15, 0.2) is 0 Å². The van der Waals surface area contributed by atoms with E-state index < -0.39 is 0 Å². The van der Waals surface area contributed by atoms with E-state index >= 15 is 0 Å². The quantitative estimate of drug-likeness (QED) is 0.804. The zero-order valence-electron chi connectivity index (χ0n) is 11.4. The molecule has 0 aliphatic heterocycles. The fourth-order valence-corrected chi connectivity index (χ4v) is 1.97. The molecule has 0 aliphatic carbocycles. The summed E-state index contributed by atoms with van der Waals surface area (Å²) in [7, 11) is 0. The van der Waals surface area contributed by atoms with Gasteiger partial charge in [-0.3, -0.25) is 4.79 Å². The summed E-state index contributed by atoms with van der Waals surface area (Å²) in [6.45, 7) is 5.50. The monoisotopic (exact) mass is 248 g/mol. The lowest BCUT2D eigenvalue weighted by atomic mass is 10.1. The molecule has 0 heterocycles. The standard InChI is InChI=1S/C15H24N2O/c1-13(2)17(12-6-11-16)15(18)10-9-14-7-4-3-5-8-14/h3-5,7-8,13H,6,9-12,16H2,1-2H3. The van der Waals surface area contributed by atoms with Crippen LogP contribution < -0.4 is 5.73 Å². The zero-order chi connectivity index (χ0) is 13.4. The Bertz CT molecular complexity index is 349. The molecule has 1 aromatic carbocycles. The molecule has 3 heteroatoms. The summed E-state index contributed by atoms with van der Waals surface area (Å²) in [6.07, 6.45) is 2.26. The van der Waals surface area contributed by atoms with Crippen LogP contribution in [-0.4, -0.2) is 29.9 Å². The van der Waals surface area contributed by atoms with Crippen molar-refractivity contribution in [3.63, 3.8) is 0 Å². The highest BCUT2D eigenvalue weighted by Gasteiger charge is 2.15. The molecule has 1 aromatic rings. The predicted molar refractivity (Wildman–Crippen MR) is 75.3 cm³/mol. The second kappa shape index (κ2) is 7.88. The molecule has 100 valence electrons. The average molecular weight is 248 g/mol. The fraction of sp³-hybridized carbons (Fsp3) is 0.533. The molecule has 0 aromatic heterocycles. The molecule has 0 atom stereocenters. The van der Waals surface area contributed by atoms with Crippen LogP contribution in [0, 0.1) is 0 Å². The number of hydrogen-bond donors (Lipinski definition) is 1. The lowest BCUT2D eigenvalue weighted by molar-refractivity contribution is -0.132. The average Bonchev–Trinajstić information content (AvgIpc) is 2.37. The molecule has 2 N–H and O–H groups in total. The predicted octanol–water partition coefficient (Wildman–Crippen LogP) is 2.21. The number of benzene rings is 1. The van der Waals surface area contributed by atoms with Gasteiger partial charge in [-0.25, -0.2) is 0 Å². The van der Waals surface area contributed by atoms with Gasteiger partial charge in [0.05, 0.1) is 0 Å². The number of nitrogens with two attached hydrogens (primary N) is 1. The van der Waals surface area contributed by atoms with Crippen LogP contribution >= 0.6 is 0 Å². The van der Waals surface area contributed by atoms with E-state index in [1.165, 1.54) is 5.56 Å². The Morgan fingerprint density at radius 3 is 2.50 bits per heavy atom. The Morgan fingerprint density at radius 2 is 1.94 bits per heavy atom. The van der Waals surface area contributed by atoms with Crippen LogP contribution in [0.25, 0.3) is 0 Å². The number of aryl methyl sites for hydroxylation is 1. The lowest BCUT2D eigenvalue weighted by Crippen LogP contribution is -2.38. The van der Waals surface area contributed by atoms with Gasteiger partial charge in [0.25, 0.3) is 0 Å². The highest BCUT2D eigenvalue weighted by Crippen LogP contribution is 2.07. The molecule has 3 nitrogen and oxygen atoms in total. The third-order valence-corrected chi connectivity index (χ3v) is 3.02. The molecule has 1 rings (SSSR count). The van der Waals surface area contributed by atoms with Crippen LogP contribution in [0.2, 0.25) is 0 Å². The third-order valence-electron chi connectivity index (χ3n) is 3.02. The van der Waals surface area contributed by atoms with Crippen LogP contribution in [0.1, 0.15) is 32.3 Å². The molecular formula is C15H24N2O. The zero-order valence-corrected chi connectivity index (χ0v) is 11.4. The number of hydrogen-bond acceptors (Lipinski definition) is 2. The molecule has 0 unspecified atom stereocenters. The van der Waals surface area contributed by atoms with Crippen molar-refractivity contribution >= 4 is 5.91 Å². The Labute approximate surface area is 110 Å². The fourth-order valence-electron chi connectivity index (χ4n) is 1.97. The van der Waals surface area contributed by atoms with Gasteiger partial charge in [0, 0.05) is 19.0 Å². The maximum absolute atomic E-state index is 12.1. The first-order valence-electron chi connectivity index (χ1n) is 6.68. The van der Waals surface area contributed by atoms with Gasteiger partial charge in [-0.05, 0) is 38.8 Å². The van der Waals surface area contributed by atoms with Crippen molar-refractivity contribution in [2.75, 3.05) is 13.1 Å². The van der Waals surface area contributed by atoms with E-state index in [0.29, 0.717) is 13.0 Å². The van der Waals surface area contributed by atoms with Crippen molar-refractivity contribution in [3.8, 4) is 0 Å². The lowest BCUT2D eigenvalue weighted by Gasteiger charge is -2.26. The Hall–Kier alpha value is -1.35. The minimum absolute atomic E-state index is 0.224. The van der Waals surface area contributed by atoms with Crippen molar-refractivity contribution in [1.29, 1.82) is 0 Å². The largest absolute Gasteiger partial charge is 0.340 e. The number of carbonyl (C=O) groups excluding carboxylic acids is 1. The van der Waals surface area contributed by atoms with E-state index in [-0.39, 0.29) is 11.9 Å². The summed E-state index contributed by atoms with van der Waals surface area (Å²) in [5.41, 5.74) is 6.72. The van der Waals surface area contributed by atoms with E-state index in [9.17, 15) is 4.79 Å². The summed E-state index contributed by atoms with van der Waals surface area (Å²) in [5.74, 6) is 0.224. The second-order valence-electron chi connectivity index (χ2n) is 4.81. The SMILES string of the molecule is CC(C)N(CCCN)C(=O)CCc1ccccc1. The Morgan fingerprint density at radius 1 is 1.28 bits per heavy atom. The van der Waals surface area contributed by atoms with Gasteiger partial charge in [0.1, 0.15) is 0 Å². The van der Waals surface area contributed by atoms with Crippen LogP contribution in [0.4, 0.5) is 0 Å². The van der Waals surface area contributed by atoms with Crippen molar-refractivity contribution in [2.45, 2.75) is 39.2 Å². The first-order chi connectivity index (χ1) is 8.65. The first kappa shape index (κ1) is 14.7. The first-order valence-corrected chi connectivity index (χ1v) is 6.68. The van der Waals surface area contributed by atoms with Crippen LogP contribution in [0.15, 0.2) is 30.3 Å². The number of nitrogens with zero attached hydrogens (tertiary/aromatic N) is 1. The van der Waals surface area contributed by atoms with Crippen LogP contribution in [-0.2, 0) is 11.2 Å². The van der Waals surface area contributed by atoms with E-state index in [4.69, 9.17) is 5.73 Å². The van der Waals surface area contributed by atoms with Gasteiger partial charge in [-0.2, -0.15) is 0 Å². The molecular weight excluding hydrogens is 224 g/mol. The van der Waals surface area contributed by atoms with E-state index in [1.807, 2.05) is 23.1 Å². The smallest absolute Gasteiger partial charge is 0.223 e. The second-order valence-corrected chi connectivity index (χ2v) is 4.81. The summed E-state index contributed by atoms with van der Waals surface area (Å²) in [4.78, 5) is 14.1. The van der Waals surface area contributed by atoms with Gasteiger partial charge in [0.2, 0.25) is 5.91 Å². The van der Waals surface area contributed by atoms with Gasteiger partial charge >= 0.3 is 0 Å². The molecule has 18 heavy (non-hydrogen) atoms. The van der Waals surface area contributed by atoms with E-state index in [2.05, 4.69) is 26.0 Å². The van der Waals surface area contributed by atoms with Crippen molar-refractivity contribution < 1.29 is 4.79 Å². The molecule has 0 bridgehead atoms. The van der Waals surface area contributed by atoms with Gasteiger partial charge < -0.3 is 10.6 Å².